The van der Waals surface area contributed by atoms with Gasteiger partial charge in [-0.25, -0.2) is 4.79 Å². The summed E-state index contributed by atoms with van der Waals surface area (Å²) in [5, 5.41) is 14.2. The zero-order valence-electron chi connectivity index (χ0n) is 14.0. The summed E-state index contributed by atoms with van der Waals surface area (Å²) in [4.78, 5) is 33.4. The quantitative estimate of drug-likeness (QED) is 0.279. The fraction of sp³-hybridized carbons (Fsp3) is 0.786. The van der Waals surface area contributed by atoms with Gasteiger partial charge in [-0.1, -0.05) is 21.6 Å². The summed E-state index contributed by atoms with van der Waals surface area (Å²) in [5.41, 5.74) is 0. The van der Waals surface area contributed by atoms with Crippen molar-refractivity contribution in [2.45, 2.75) is 25.8 Å². The van der Waals surface area contributed by atoms with Crippen molar-refractivity contribution in [3.05, 3.63) is 0 Å². The number of carbonyl (C=O) groups is 3. The predicted molar refractivity (Wildman–Crippen MR) is 102 cm³/mol. The van der Waals surface area contributed by atoms with Gasteiger partial charge in [0.05, 0.1) is 0 Å². The smallest absolute Gasteiger partial charge is 0.327 e. The molecule has 0 saturated heterocycles. The number of amides is 2. The molecular formula is C14H26N2O5S3. The van der Waals surface area contributed by atoms with Crippen molar-refractivity contribution in [2.24, 2.45) is 0 Å². The normalized spacial score (nSPS) is 11.8. The number of hydrogen-bond acceptors (Lipinski definition) is 7. The lowest BCUT2D eigenvalue weighted by atomic mass is 10.3. The zero-order valence-corrected chi connectivity index (χ0v) is 16.5. The Morgan fingerprint density at radius 2 is 1.92 bits per heavy atom. The van der Waals surface area contributed by atoms with Crippen LogP contribution in [0.5, 0.6) is 0 Å². The zero-order chi connectivity index (χ0) is 18.2. The van der Waals surface area contributed by atoms with Gasteiger partial charge < -0.3 is 20.5 Å². The molecule has 0 fully saturated rings. The number of methoxy groups -OCH3 is 1. The minimum Gasteiger partial charge on any atom is -0.480 e. The van der Waals surface area contributed by atoms with Gasteiger partial charge in [-0.15, -0.1) is 0 Å². The number of aliphatic carboxylic acids is 1. The Morgan fingerprint density at radius 3 is 2.54 bits per heavy atom. The maximum atomic E-state index is 11.6. The minimum atomic E-state index is -1.06. The molecule has 140 valence electrons. The minimum absolute atomic E-state index is 0.00256. The standard InChI is InChI=1S/C14H26N2O5S3/c1-11(17)16-12(14(19)20)10-24-23-8-4-13(18)15-5-9-22-7-3-6-21-2/h12H,3-10H2,1-2H3,(H,15,18)(H,16,17)(H,19,20). The van der Waals surface area contributed by atoms with Crippen molar-refractivity contribution >= 4 is 51.1 Å². The number of nitrogens with one attached hydrogen (secondary N) is 2. The maximum Gasteiger partial charge on any atom is 0.327 e. The van der Waals surface area contributed by atoms with Crippen LogP contribution in [0.4, 0.5) is 0 Å². The van der Waals surface area contributed by atoms with Crippen LogP contribution in [0.3, 0.4) is 0 Å². The van der Waals surface area contributed by atoms with E-state index in [0.717, 1.165) is 24.5 Å². The summed E-state index contributed by atoms with van der Waals surface area (Å²) in [6.45, 7) is 2.70. The van der Waals surface area contributed by atoms with Gasteiger partial charge >= 0.3 is 5.97 Å². The first-order chi connectivity index (χ1) is 11.5. The lowest BCUT2D eigenvalue weighted by Gasteiger charge is -2.12. The largest absolute Gasteiger partial charge is 0.480 e. The molecule has 0 aromatic rings. The van der Waals surface area contributed by atoms with Crippen LogP contribution in [0.15, 0.2) is 0 Å². The molecule has 0 aromatic heterocycles. The van der Waals surface area contributed by atoms with Crippen molar-refractivity contribution in [3.8, 4) is 0 Å². The molecular weight excluding hydrogens is 372 g/mol. The highest BCUT2D eigenvalue weighted by atomic mass is 33.1. The second-order valence-electron chi connectivity index (χ2n) is 4.76. The van der Waals surface area contributed by atoms with Crippen LogP contribution in [0.1, 0.15) is 19.8 Å². The third kappa shape index (κ3) is 15.0. The van der Waals surface area contributed by atoms with E-state index in [2.05, 4.69) is 10.6 Å². The Morgan fingerprint density at radius 1 is 1.17 bits per heavy atom. The van der Waals surface area contributed by atoms with Crippen LogP contribution in [-0.2, 0) is 19.1 Å². The third-order valence-electron chi connectivity index (χ3n) is 2.61. The molecule has 7 nitrogen and oxygen atoms in total. The summed E-state index contributed by atoms with van der Waals surface area (Å²) in [6.07, 6.45) is 1.41. The van der Waals surface area contributed by atoms with Crippen LogP contribution in [0.25, 0.3) is 0 Å². The lowest BCUT2D eigenvalue weighted by molar-refractivity contribution is -0.140. The summed E-state index contributed by atoms with van der Waals surface area (Å²) in [6, 6.07) is -0.899. The molecule has 10 heteroatoms. The van der Waals surface area contributed by atoms with E-state index >= 15 is 0 Å². The van der Waals surface area contributed by atoms with E-state index in [1.54, 1.807) is 18.9 Å². The Balaban J connectivity index is 3.54. The summed E-state index contributed by atoms with van der Waals surface area (Å²) >= 11 is 1.78. The van der Waals surface area contributed by atoms with Gasteiger partial charge in [-0.05, 0) is 12.2 Å². The van der Waals surface area contributed by atoms with Crippen molar-refractivity contribution in [1.29, 1.82) is 0 Å². The predicted octanol–water partition coefficient (Wildman–Crippen LogP) is 1.23. The van der Waals surface area contributed by atoms with Crippen LogP contribution < -0.4 is 10.6 Å². The van der Waals surface area contributed by atoms with E-state index < -0.39 is 12.0 Å². The number of carboxylic acid groups (broad SMARTS) is 1. The number of thioether (sulfide) groups is 1. The molecule has 0 aliphatic heterocycles. The molecule has 24 heavy (non-hydrogen) atoms. The Bertz CT molecular complexity index is 385. The summed E-state index contributed by atoms with van der Waals surface area (Å²) < 4.78 is 4.96. The highest BCUT2D eigenvalue weighted by molar-refractivity contribution is 8.76. The number of carbonyl (C=O) groups excluding carboxylic acids is 2. The van der Waals surface area contributed by atoms with Gasteiger partial charge in [0, 0.05) is 50.9 Å². The fourth-order valence-electron chi connectivity index (χ4n) is 1.49. The number of rotatable bonds is 15. The van der Waals surface area contributed by atoms with Crippen LogP contribution >= 0.6 is 33.3 Å². The average molecular weight is 399 g/mol. The molecule has 1 unspecified atom stereocenters. The van der Waals surface area contributed by atoms with E-state index in [-0.39, 0.29) is 17.6 Å². The van der Waals surface area contributed by atoms with E-state index in [1.165, 1.54) is 28.5 Å². The summed E-state index contributed by atoms with van der Waals surface area (Å²) in [7, 11) is 4.45. The number of hydrogen-bond donors (Lipinski definition) is 3. The first-order valence-electron chi connectivity index (χ1n) is 7.55. The molecule has 0 aliphatic carbocycles. The van der Waals surface area contributed by atoms with Crippen molar-refractivity contribution in [2.75, 3.05) is 43.3 Å². The van der Waals surface area contributed by atoms with Crippen molar-refractivity contribution in [3.63, 3.8) is 0 Å². The van der Waals surface area contributed by atoms with Gasteiger partial charge in [0.2, 0.25) is 11.8 Å². The molecule has 0 rings (SSSR count). The second kappa shape index (κ2) is 15.9. The fourth-order valence-corrected chi connectivity index (χ4v) is 4.41. The first-order valence-corrected chi connectivity index (χ1v) is 11.2. The number of carboxylic acids is 1. The van der Waals surface area contributed by atoms with Gasteiger partial charge in [-0.2, -0.15) is 11.8 Å². The van der Waals surface area contributed by atoms with E-state index in [4.69, 9.17) is 9.84 Å². The van der Waals surface area contributed by atoms with E-state index in [9.17, 15) is 14.4 Å². The molecule has 0 aromatic carbocycles. The van der Waals surface area contributed by atoms with Crippen molar-refractivity contribution < 1.29 is 24.2 Å². The van der Waals surface area contributed by atoms with Gasteiger partial charge in [0.15, 0.2) is 0 Å². The molecule has 1 atom stereocenters. The molecule has 0 heterocycles. The molecule has 0 saturated carbocycles. The monoisotopic (exact) mass is 398 g/mol. The van der Waals surface area contributed by atoms with Crippen LogP contribution in [-0.4, -0.2) is 72.2 Å². The van der Waals surface area contributed by atoms with Gasteiger partial charge in [-0.3, -0.25) is 9.59 Å². The first kappa shape index (κ1) is 23.4. The topological polar surface area (TPSA) is 105 Å². The molecule has 0 radical (unpaired) electrons. The van der Waals surface area contributed by atoms with Gasteiger partial charge in [0.1, 0.15) is 6.04 Å². The van der Waals surface area contributed by atoms with Gasteiger partial charge in [0.25, 0.3) is 0 Å². The number of ether oxygens (including phenoxy) is 1. The highest BCUT2D eigenvalue weighted by Crippen LogP contribution is 2.22. The molecule has 0 bridgehead atoms. The van der Waals surface area contributed by atoms with Crippen LogP contribution in [0, 0.1) is 0 Å². The van der Waals surface area contributed by atoms with E-state index in [0.29, 0.717) is 18.7 Å². The second-order valence-corrected chi connectivity index (χ2v) is 8.61. The molecule has 2 amide bonds. The lowest BCUT2D eigenvalue weighted by Crippen LogP contribution is -2.41. The average Bonchev–Trinajstić information content (AvgIpc) is 2.52. The Hall–Kier alpha value is -0.580. The van der Waals surface area contributed by atoms with Crippen molar-refractivity contribution in [1.82, 2.24) is 10.6 Å². The van der Waals surface area contributed by atoms with E-state index in [1.807, 2.05) is 0 Å². The Labute approximate surface area is 155 Å². The third-order valence-corrected chi connectivity index (χ3v) is 6.10. The summed E-state index contributed by atoms with van der Waals surface area (Å²) in [5.74, 6) is 1.34. The molecule has 0 spiro atoms. The molecule has 0 aliphatic rings. The highest BCUT2D eigenvalue weighted by Gasteiger charge is 2.18. The molecule has 3 N–H and O–H groups in total. The maximum absolute atomic E-state index is 11.6. The Kier molecular flexibility index (Phi) is 15.5. The SMILES string of the molecule is COCCCSCCNC(=O)CCSSCC(NC(C)=O)C(=O)O. The van der Waals surface area contributed by atoms with Crippen LogP contribution in [0.2, 0.25) is 0 Å².